The third-order valence-corrected chi connectivity index (χ3v) is 5.45. The summed E-state index contributed by atoms with van der Waals surface area (Å²) in [5, 5.41) is 0.427. The summed E-state index contributed by atoms with van der Waals surface area (Å²) in [5.41, 5.74) is 5.97. The summed E-state index contributed by atoms with van der Waals surface area (Å²) >= 11 is 12.2. The lowest BCUT2D eigenvalue weighted by molar-refractivity contribution is 0.601. The molecule has 3 N–H and O–H groups in total. The lowest BCUT2D eigenvalue weighted by atomic mass is 10.4. The van der Waals surface area contributed by atoms with Gasteiger partial charge in [-0.25, -0.2) is 13.4 Å². The molecule has 106 valence electrons. The van der Waals surface area contributed by atoms with Gasteiger partial charge in [0.25, 0.3) is 10.0 Å². The van der Waals surface area contributed by atoms with Crippen molar-refractivity contribution in [2.24, 2.45) is 0 Å². The molecule has 2 rings (SSSR count). The molecule has 1 aromatic heterocycles. The highest BCUT2D eigenvalue weighted by atomic mass is 79.9. The van der Waals surface area contributed by atoms with Gasteiger partial charge in [-0.2, -0.15) is 0 Å². The maximum absolute atomic E-state index is 12.2. The molecule has 0 atom stereocenters. The monoisotopic (exact) mass is 439 g/mol. The molecular formula is C11H8Br2ClN3O2S. The number of sulfonamides is 1. The molecule has 0 unspecified atom stereocenters. The predicted octanol–water partition coefficient (Wildman–Crippen LogP) is 3.64. The Labute approximate surface area is 137 Å². The normalized spacial score (nSPS) is 11.3. The van der Waals surface area contributed by atoms with Crippen molar-refractivity contribution in [2.45, 2.75) is 4.90 Å². The van der Waals surface area contributed by atoms with Crippen LogP contribution in [-0.2, 0) is 10.0 Å². The van der Waals surface area contributed by atoms with Crippen LogP contribution in [0.1, 0.15) is 0 Å². The third kappa shape index (κ3) is 3.43. The first-order valence-corrected chi connectivity index (χ1v) is 8.63. The molecule has 0 bridgehead atoms. The molecule has 1 heterocycles. The second kappa shape index (κ2) is 5.88. The molecule has 0 spiro atoms. The summed E-state index contributed by atoms with van der Waals surface area (Å²) in [7, 11) is -3.76. The van der Waals surface area contributed by atoms with Crippen molar-refractivity contribution in [1.29, 1.82) is 0 Å². The zero-order valence-electron chi connectivity index (χ0n) is 9.77. The quantitative estimate of drug-likeness (QED) is 0.762. The highest BCUT2D eigenvalue weighted by Crippen LogP contribution is 2.28. The van der Waals surface area contributed by atoms with Crippen LogP contribution in [0, 0.1) is 0 Å². The standard InChI is InChI=1S/C11H8Br2ClN3O2S/c12-8-4-7(1-2-10(8)14)20(18,19)17-11-9(13)3-6(15)5-16-11/h1-5H,15H2,(H,16,17). The minimum atomic E-state index is -3.76. The summed E-state index contributed by atoms with van der Waals surface area (Å²) in [5.74, 6) is 0.158. The van der Waals surface area contributed by atoms with Crippen molar-refractivity contribution in [3.63, 3.8) is 0 Å². The van der Waals surface area contributed by atoms with E-state index in [-0.39, 0.29) is 10.7 Å². The number of nitrogen functional groups attached to an aromatic ring is 1. The topological polar surface area (TPSA) is 85.1 Å². The van der Waals surface area contributed by atoms with Gasteiger partial charge in [0, 0.05) is 4.47 Å². The summed E-state index contributed by atoms with van der Waals surface area (Å²) in [6.07, 6.45) is 1.36. The molecule has 0 radical (unpaired) electrons. The summed E-state index contributed by atoms with van der Waals surface area (Å²) < 4.78 is 27.8. The highest BCUT2D eigenvalue weighted by molar-refractivity contribution is 9.11. The van der Waals surface area contributed by atoms with Crippen LogP contribution < -0.4 is 10.5 Å². The number of pyridine rings is 1. The second-order valence-corrected chi connectivity index (χ2v) is 7.58. The van der Waals surface area contributed by atoms with E-state index in [1.807, 2.05) is 0 Å². The van der Waals surface area contributed by atoms with Crippen LogP contribution in [0.2, 0.25) is 5.02 Å². The van der Waals surface area contributed by atoms with Crippen LogP contribution in [-0.4, -0.2) is 13.4 Å². The Morgan fingerprint density at radius 3 is 2.50 bits per heavy atom. The van der Waals surface area contributed by atoms with Gasteiger partial charge in [-0.05, 0) is 56.1 Å². The van der Waals surface area contributed by atoms with E-state index >= 15 is 0 Å². The molecule has 0 saturated heterocycles. The second-order valence-electron chi connectivity index (χ2n) is 3.78. The van der Waals surface area contributed by atoms with Gasteiger partial charge in [-0.15, -0.1) is 0 Å². The van der Waals surface area contributed by atoms with Crippen molar-refractivity contribution in [3.8, 4) is 0 Å². The number of nitrogens with one attached hydrogen (secondary N) is 1. The predicted molar refractivity (Wildman–Crippen MR) is 86.3 cm³/mol. The molecule has 9 heteroatoms. The van der Waals surface area contributed by atoms with Crippen LogP contribution in [0.3, 0.4) is 0 Å². The lowest BCUT2D eigenvalue weighted by Gasteiger charge is -2.10. The Bertz CT molecular complexity index is 768. The van der Waals surface area contributed by atoms with E-state index in [0.717, 1.165) is 0 Å². The largest absolute Gasteiger partial charge is 0.397 e. The highest BCUT2D eigenvalue weighted by Gasteiger charge is 2.17. The first kappa shape index (κ1) is 15.6. The lowest BCUT2D eigenvalue weighted by Crippen LogP contribution is -2.14. The van der Waals surface area contributed by atoms with Crippen LogP contribution in [0.4, 0.5) is 11.5 Å². The molecule has 2 aromatic rings. The fraction of sp³-hybridized carbons (Fsp3) is 0. The van der Waals surface area contributed by atoms with E-state index in [1.165, 1.54) is 24.4 Å². The summed E-state index contributed by atoms with van der Waals surface area (Å²) in [6, 6.07) is 5.87. The average Bonchev–Trinajstić information content (AvgIpc) is 2.36. The van der Waals surface area contributed by atoms with Gasteiger partial charge < -0.3 is 5.73 Å². The van der Waals surface area contributed by atoms with Crippen LogP contribution >= 0.6 is 43.5 Å². The van der Waals surface area contributed by atoms with Crippen molar-refractivity contribution in [3.05, 3.63) is 44.4 Å². The minimum absolute atomic E-state index is 0.0688. The number of hydrogen-bond acceptors (Lipinski definition) is 4. The summed E-state index contributed by atoms with van der Waals surface area (Å²) in [6.45, 7) is 0. The molecular weight excluding hydrogens is 433 g/mol. The van der Waals surface area contributed by atoms with E-state index in [9.17, 15) is 8.42 Å². The molecule has 20 heavy (non-hydrogen) atoms. The number of halogens is 3. The number of benzene rings is 1. The third-order valence-electron chi connectivity index (χ3n) is 2.29. The van der Waals surface area contributed by atoms with Gasteiger partial charge in [0.05, 0.1) is 26.3 Å². The smallest absolute Gasteiger partial charge is 0.263 e. The zero-order chi connectivity index (χ0) is 14.9. The van der Waals surface area contributed by atoms with Gasteiger partial charge in [0.2, 0.25) is 0 Å². The fourth-order valence-corrected chi connectivity index (χ4v) is 3.66. The maximum atomic E-state index is 12.2. The number of anilines is 2. The fourth-order valence-electron chi connectivity index (χ4n) is 1.36. The van der Waals surface area contributed by atoms with E-state index in [1.54, 1.807) is 6.07 Å². The number of nitrogens with zero attached hydrogens (tertiary/aromatic N) is 1. The Kier molecular flexibility index (Phi) is 4.58. The Morgan fingerprint density at radius 1 is 1.20 bits per heavy atom. The van der Waals surface area contributed by atoms with E-state index < -0.39 is 10.0 Å². The number of nitrogens with two attached hydrogens (primary N) is 1. The van der Waals surface area contributed by atoms with E-state index in [2.05, 4.69) is 41.6 Å². The number of rotatable bonds is 3. The molecule has 0 fully saturated rings. The van der Waals surface area contributed by atoms with Gasteiger partial charge in [0.1, 0.15) is 0 Å². The molecule has 0 saturated carbocycles. The van der Waals surface area contributed by atoms with Gasteiger partial charge in [0.15, 0.2) is 5.82 Å². The molecule has 5 nitrogen and oxygen atoms in total. The SMILES string of the molecule is Nc1cnc(NS(=O)(=O)c2ccc(Cl)c(Br)c2)c(Br)c1. The molecule has 0 aliphatic heterocycles. The first-order chi connectivity index (χ1) is 9.29. The van der Waals surface area contributed by atoms with Crippen molar-refractivity contribution in [1.82, 2.24) is 4.98 Å². The van der Waals surface area contributed by atoms with Crippen LogP contribution in [0.5, 0.6) is 0 Å². The number of aromatic nitrogens is 1. The van der Waals surface area contributed by atoms with Gasteiger partial charge in [-0.1, -0.05) is 11.6 Å². The van der Waals surface area contributed by atoms with Crippen molar-refractivity contribution >= 4 is 65.0 Å². The first-order valence-electron chi connectivity index (χ1n) is 5.18. The molecule has 0 amide bonds. The van der Waals surface area contributed by atoms with E-state index in [4.69, 9.17) is 17.3 Å². The Balaban J connectivity index is 2.38. The zero-order valence-corrected chi connectivity index (χ0v) is 14.5. The summed E-state index contributed by atoms with van der Waals surface area (Å²) in [4.78, 5) is 4.00. The maximum Gasteiger partial charge on any atom is 0.263 e. The Hall–Kier alpha value is -0.830. The molecule has 0 aliphatic rings. The molecule has 1 aromatic carbocycles. The number of hydrogen-bond donors (Lipinski definition) is 2. The molecule has 0 aliphatic carbocycles. The average molecular weight is 442 g/mol. The minimum Gasteiger partial charge on any atom is -0.397 e. The van der Waals surface area contributed by atoms with E-state index in [0.29, 0.717) is 19.7 Å². The van der Waals surface area contributed by atoms with Crippen LogP contribution in [0.15, 0.2) is 44.3 Å². The van der Waals surface area contributed by atoms with Crippen LogP contribution in [0.25, 0.3) is 0 Å². The van der Waals surface area contributed by atoms with Crippen molar-refractivity contribution < 1.29 is 8.42 Å². The Morgan fingerprint density at radius 2 is 1.90 bits per heavy atom. The van der Waals surface area contributed by atoms with Gasteiger partial charge in [-0.3, -0.25) is 4.72 Å². The van der Waals surface area contributed by atoms with Gasteiger partial charge >= 0.3 is 0 Å². The van der Waals surface area contributed by atoms with Crippen molar-refractivity contribution in [2.75, 3.05) is 10.5 Å².